The lowest BCUT2D eigenvalue weighted by Crippen LogP contribution is -2.40. The number of morpholine rings is 1. The standard InChI is InChI=1S/C26H29N5O4S2/c1-18-16-24(19(2)31(18)21-6-8-22(34-3)9-7-21)25-17-36-26(29-28-25)27-20-4-10-23(11-5-20)37(32,33)30-12-14-35-15-13-30/h4-11,16H,12-15,17H2,1-3H3,(H,27,29). The summed E-state index contributed by atoms with van der Waals surface area (Å²) in [6.07, 6.45) is 0. The summed E-state index contributed by atoms with van der Waals surface area (Å²) in [5.74, 6) is 1.49. The van der Waals surface area contributed by atoms with Gasteiger partial charge in [-0.1, -0.05) is 11.8 Å². The van der Waals surface area contributed by atoms with E-state index >= 15 is 0 Å². The fourth-order valence-corrected chi connectivity index (χ4v) is 6.62. The van der Waals surface area contributed by atoms with E-state index in [2.05, 4.69) is 40.0 Å². The molecule has 9 nitrogen and oxygen atoms in total. The number of sulfonamides is 1. The number of methoxy groups -OCH3 is 1. The van der Waals surface area contributed by atoms with Crippen LogP contribution in [0.4, 0.5) is 5.69 Å². The minimum atomic E-state index is -3.53. The van der Waals surface area contributed by atoms with E-state index in [1.807, 2.05) is 24.3 Å². The molecule has 3 heterocycles. The summed E-state index contributed by atoms with van der Waals surface area (Å²) in [6, 6.07) is 16.8. The highest BCUT2D eigenvalue weighted by atomic mass is 32.2. The molecule has 2 aliphatic rings. The van der Waals surface area contributed by atoms with Gasteiger partial charge in [0.1, 0.15) is 5.75 Å². The van der Waals surface area contributed by atoms with Crippen LogP contribution in [-0.2, 0) is 14.8 Å². The first-order valence-corrected chi connectivity index (χ1v) is 14.3. The minimum absolute atomic E-state index is 0.259. The molecule has 37 heavy (non-hydrogen) atoms. The van der Waals surface area contributed by atoms with Crippen molar-refractivity contribution in [2.75, 3.05) is 39.2 Å². The van der Waals surface area contributed by atoms with Crippen LogP contribution in [0.15, 0.2) is 69.6 Å². The molecule has 1 N–H and O–H groups in total. The second kappa shape index (κ2) is 10.7. The Morgan fingerprint density at radius 2 is 1.76 bits per heavy atom. The van der Waals surface area contributed by atoms with Crippen LogP contribution in [0.2, 0.25) is 0 Å². The van der Waals surface area contributed by atoms with E-state index in [0.29, 0.717) is 42.9 Å². The number of aryl methyl sites for hydroxylation is 1. The van der Waals surface area contributed by atoms with Gasteiger partial charge in [-0.15, -0.1) is 0 Å². The van der Waals surface area contributed by atoms with Gasteiger partial charge in [-0.25, -0.2) is 13.4 Å². The van der Waals surface area contributed by atoms with E-state index in [1.165, 1.54) is 4.31 Å². The number of amidine groups is 1. The minimum Gasteiger partial charge on any atom is -0.497 e. The number of nitrogens with zero attached hydrogens (tertiary/aromatic N) is 4. The van der Waals surface area contributed by atoms with E-state index in [9.17, 15) is 8.42 Å². The maximum absolute atomic E-state index is 12.8. The number of hydrogen-bond donors (Lipinski definition) is 1. The molecule has 0 atom stereocenters. The smallest absolute Gasteiger partial charge is 0.243 e. The lowest BCUT2D eigenvalue weighted by atomic mass is 10.1. The topological polar surface area (TPSA) is 97.5 Å². The van der Waals surface area contributed by atoms with Crippen LogP contribution in [0.1, 0.15) is 17.0 Å². The molecule has 194 valence electrons. The average Bonchev–Trinajstić information content (AvgIpc) is 3.23. The Kier molecular flexibility index (Phi) is 7.38. The summed E-state index contributed by atoms with van der Waals surface area (Å²) in [5, 5.41) is 5.26. The van der Waals surface area contributed by atoms with Crippen LogP contribution >= 0.6 is 11.8 Å². The molecule has 1 aromatic heterocycles. The number of aromatic nitrogens is 1. The van der Waals surface area contributed by atoms with Crippen molar-refractivity contribution in [2.24, 2.45) is 10.1 Å². The molecule has 0 aliphatic carbocycles. The van der Waals surface area contributed by atoms with Gasteiger partial charge >= 0.3 is 0 Å². The Morgan fingerprint density at radius 3 is 2.38 bits per heavy atom. The molecule has 2 aromatic carbocycles. The molecule has 0 unspecified atom stereocenters. The zero-order valence-corrected chi connectivity index (χ0v) is 22.6. The number of nitrogens with one attached hydrogen (secondary N) is 1. The van der Waals surface area contributed by atoms with Crippen molar-refractivity contribution in [2.45, 2.75) is 18.7 Å². The van der Waals surface area contributed by atoms with Crippen molar-refractivity contribution < 1.29 is 17.9 Å². The second-order valence-electron chi connectivity index (χ2n) is 8.70. The Labute approximate surface area is 221 Å². The highest BCUT2D eigenvalue weighted by Gasteiger charge is 2.26. The molecular weight excluding hydrogens is 510 g/mol. The van der Waals surface area contributed by atoms with Crippen molar-refractivity contribution in [3.63, 3.8) is 0 Å². The van der Waals surface area contributed by atoms with Gasteiger partial charge in [0.15, 0.2) is 5.17 Å². The first kappa shape index (κ1) is 25.5. The van der Waals surface area contributed by atoms with E-state index in [1.54, 1.807) is 43.1 Å². The van der Waals surface area contributed by atoms with E-state index in [-0.39, 0.29) is 4.90 Å². The molecule has 0 saturated carbocycles. The molecule has 11 heteroatoms. The van der Waals surface area contributed by atoms with Gasteiger partial charge in [-0.05, 0) is 68.4 Å². The van der Waals surface area contributed by atoms with Crippen molar-refractivity contribution >= 4 is 38.4 Å². The number of aliphatic imine (C=N–C) groups is 1. The van der Waals surface area contributed by atoms with Crippen LogP contribution in [0, 0.1) is 13.8 Å². The number of ether oxygens (including phenoxy) is 2. The molecule has 2 aliphatic heterocycles. The molecule has 3 aromatic rings. The first-order chi connectivity index (χ1) is 17.9. The number of benzene rings is 2. The molecule has 0 spiro atoms. The van der Waals surface area contributed by atoms with Crippen molar-refractivity contribution in [1.29, 1.82) is 0 Å². The Hall–Kier alpha value is -3.12. The summed E-state index contributed by atoms with van der Waals surface area (Å²) in [7, 11) is -1.86. The lowest BCUT2D eigenvalue weighted by molar-refractivity contribution is 0.0730. The van der Waals surface area contributed by atoms with Crippen molar-refractivity contribution in [1.82, 2.24) is 14.3 Å². The predicted octanol–water partition coefficient (Wildman–Crippen LogP) is 3.85. The molecule has 5 rings (SSSR count). The van der Waals surface area contributed by atoms with Gasteiger partial charge < -0.3 is 14.0 Å². The van der Waals surface area contributed by atoms with E-state index in [0.717, 1.165) is 34.1 Å². The Morgan fingerprint density at radius 1 is 1.05 bits per heavy atom. The fourth-order valence-electron chi connectivity index (χ4n) is 4.44. The van der Waals surface area contributed by atoms with Crippen LogP contribution in [0.25, 0.3) is 5.69 Å². The van der Waals surface area contributed by atoms with Crippen molar-refractivity contribution in [3.05, 3.63) is 71.5 Å². The third kappa shape index (κ3) is 5.30. The van der Waals surface area contributed by atoms with Crippen LogP contribution in [-0.4, -0.2) is 67.3 Å². The highest BCUT2D eigenvalue weighted by molar-refractivity contribution is 8.14. The number of rotatable bonds is 6. The molecular formula is C26H29N5O4S2. The highest BCUT2D eigenvalue weighted by Crippen LogP contribution is 2.26. The normalized spacial score (nSPS) is 17.9. The Bertz CT molecular complexity index is 1440. The summed E-state index contributed by atoms with van der Waals surface area (Å²) in [5.41, 5.74) is 9.06. The largest absolute Gasteiger partial charge is 0.497 e. The van der Waals surface area contributed by atoms with Crippen LogP contribution in [0.3, 0.4) is 0 Å². The number of hydrogen-bond acceptors (Lipinski definition) is 7. The van der Waals surface area contributed by atoms with Crippen LogP contribution in [0.5, 0.6) is 5.75 Å². The molecule has 0 radical (unpaired) electrons. The van der Waals surface area contributed by atoms with Crippen LogP contribution < -0.4 is 10.2 Å². The van der Waals surface area contributed by atoms with E-state index in [4.69, 9.17) is 9.47 Å². The van der Waals surface area contributed by atoms with Gasteiger partial charge in [0, 0.05) is 41.5 Å². The van der Waals surface area contributed by atoms with Gasteiger partial charge in [-0.2, -0.15) is 9.41 Å². The predicted molar refractivity (Wildman–Crippen MR) is 147 cm³/mol. The summed E-state index contributed by atoms with van der Waals surface area (Å²) >= 11 is 1.56. The zero-order valence-electron chi connectivity index (χ0n) is 21.0. The summed E-state index contributed by atoms with van der Waals surface area (Å²) in [4.78, 5) is 4.87. The zero-order chi connectivity index (χ0) is 26.0. The third-order valence-electron chi connectivity index (χ3n) is 6.38. The van der Waals surface area contributed by atoms with Crippen molar-refractivity contribution in [3.8, 4) is 11.4 Å². The third-order valence-corrected chi connectivity index (χ3v) is 9.17. The lowest BCUT2D eigenvalue weighted by Gasteiger charge is -2.26. The first-order valence-electron chi connectivity index (χ1n) is 11.9. The van der Waals surface area contributed by atoms with Gasteiger partial charge in [0.05, 0.1) is 36.6 Å². The average molecular weight is 540 g/mol. The van der Waals surface area contributed by atoms with Gasteiger partial charge in [-0.3, -0.25) is 5.43 Å². The molecule has 1 saturated heterocycles. The second-order valence-corrected chi connectivity index (χ2v) is 11.6. The van der Waals surface area contributed by atoms with Gasteiger partial charge in [0.2, 0.25) is 10.0 Å². The van der Waals surface area contributed by atoms with E-state index < -0.39 is 10.0 Å². The molecule has 0 amide bonds. The number of hydrazone groups is 1. The van der Waals surface area contributed by atoms with Gasteiger partial charge in [0.25, 0.3) is 0 Å². The SMILES string of the molecule is COc1ccc(-n2c(C)cc(C3=NNC(=Nc4ccc(S(=O)(=O)N5CCOCC5)cc4)SC3)c2C)cc1. The summed E-state index contributed by atoms with van der Waals surface area (Å²) < 4.78 is 39.9. The summed E-state index contributed by atoms with van der Waals surface area (Å²) in [6.45, 7) is 5.76. The quantitative estimate of drug-likeness (QED) is 0.511. The maximum atomic E-state index is 12.8. The fraction of sp³-hybridized carbons (Fsp3) is 0.308. The maximum Gasteiger partial charge on any atom is 0.243 e. The number of thioether (sulfide) groups is 1. The molecule has 0 bridgehead atoms. The monoisotopic (exact) mass is 539 g/mol. The molecule has 1 fully saturated rings. The Balaban J connectivity index is 1.30.